The molecule has 1 aromatic carbocycles. The number of hydrogen-bond donors (Lipinski definition) is 1. The van der Waals surface area contributed by atoms with Crippen molar-refractivity contribution in [3.8, 4) is 0 Å². The highest BCUT2D eigenvalue weighted by molar-refractivity contribution is 6.33. The lowest BCUT2D eigenvalue weighted by atomic mass is 10.3. The summed E-state index contributed by atoms with van der Waals surface area (Å²) in [7, 11) is 6.01. The molecule has 8 heteroatoms. The van der Waals surface area contributed by atoms with E-state index in [0.717, 1.165) is 4.90 Å². The van der Waals surface area contributed by atoms with Crippen LogP contribution in [0.3, 0.4) is 0 Å². The summed E-state index contributed by atoms with van der Waals surface area (Å²) >= 11 is 5.94. The molecule has 0 aliphatic heterocycles. The van der Waals surface area contributed by atoms with Gasteiger partial charge in [-0.2, -0.15) is 4.99 Å². The van der Waals surface area contributed by atoms with Gasteiger partial charge in [0.25, 0.3) is 0 Å². The summed E-state index contributed by atoms with van der Waals surface area (Å²) in [5, 5.41) is 2.94. The average Bonchev–Trinajstić information content (AvgIpc) is 2.45. The van der Waals surface area contributed by atoms with Crippen molar-refractivity contribution in [1.29, 1.82) is 0 Å². The molecular weight excluding hydrogens is 296 g/mol. The first-order valence-electron chi connectivity index (χ1n) is 6.00. The lowest BCUT2D eigenvalue weighted by Gasteiger charge is -2.23. The molecular formula is C13H17ClN4O3. The van der Waals surface area contributed by atoms with E-state index in [4.69, 9.17) is 11.6 Å². The van der Waals surface area contributed by atoms with Gasteiger partial charge in [-0.05, 0) is 12.1 Å². The molecule has 114 valence electrons. The molecule has 1 N–H and O–H groups in total. The molecule has 0 saturated carbocycles. The first kappa shape index (κ1) is 16.8. The second kappa shape index (κ2) is 7.49. The van der Waals surface area contributed by atoms with Crippen LogP contribution in [0.1, 0.15) is 0 Å². The topological polar surface area (TPSA) is 74.2 Å². The number of urea groups is 1. The van der Waals surface area contributed by atoms with Crippen molar-refractivity contribution >= 4 is 35.4 Å². The highest BCUT2D eigenvalue weighted by Crippen LogP contribution is 2.20. The molecule has 1 rings (SSSR count). The fourth-order valence-electron chi connectivity index (χ4n) is 1.49. The number of halogens is 1. The van der Waals surface area contributed by atoms with Crippen LogP contribution < -0.4 is 5.32 Å². The SMILES string of the molecule is COC(=O)N(C)/C(=N/C(=O)Nc1ccccc1Cl)N(C)C. The number of carbonyl (C=O) groups is 2. The van der Waals surface area contributed by atoms with E-state index in [1.807, 2.05) is 0 Å². The Bertz CT molecular complexity index is 560. The summed E-state index contributed by atoms with van der Waals surface area (Å²) in [6, 6.07) is 6.13. The number of rotatable bonds is 1. The van der Waals surface area contributed by atoms with E-state index in [-0.39, 0.29) is 5.96 Å². The van der Waals surface area contributed by atoms with Crippen LogP contribution in [0.5, 0.6) is 0 Å². The van der Waals surface area contributed by atoms with Gasteiger partial charge in [-0.3, -0.25) is 4.90 Å². The number of para-hydroxylation sites is 1. The molecule has 3 amide bonds. The minimum atomic E-state index is -0.650. The zero-order chi connectivity index (χ0) is 16.0. The number of hydrogen-bond acceptors (Lipinski definition) is 3. The number of ether oxygens (including phenoxy) is 1. The lowest BCUT2D eigenvalue weighted by Crippen LogP contribution is -2.42. The number of anilines is 1. The monoisotopic (exact) mass is 312 g/mol. The molecule has 0 fully saturated rings. The zero-order valence-corrected chi connectivity index (χ0v) is 13.0. The van der Waals surface area contributed by atoms with Crippen LogP contribution in [0.4, 0.5) is 15.3 Å². The van der Waals surface area contributed by atoms with Crippen molar-refractivity contribution in [2.75, 3.05) is 33.6 Å². The van der Waals surface area contributed by atoms with E-state index in [9.17, 15) is 9.59 Å². The van der Waals surface area contributed by atoms with Crippen LogP contribution in [0.2, 0.25) is 5.02 Å². The summed E-state index contributed by atoms with van der Waals surface area (Å²) in [5.41, 5.74) is 0.437. The fourth-order valence-corrected chi connectivity index (χ4v) is 1.67. The van der Waals surface area contributed by atoms with Gasteiger partial charge in [0.05, 0.1) is 17.8 Å². The highest BCUT2D eigenvalue weighted by Gasteiger charge is 2.18. The number of nitrogens with zero attached hydrogens (tertiary/aromatic N) is 3. The van der Waals surface area contributed by atoms with Crippen LogP contribution in [-0.2, 0) is 4.74 Å². The maximum atomic E-state index is 11.9. The highest BCUT2D eigenvalue weighted by atomic mass is 35.5. The standard InChI is InChI=1S/C13H17ClN4O3/c1-17(2)12(18(3)13(20)21-4)16-11(19)15-10-8-6-5-7-9(10)14/h5-8H,1-4H3,(H,15,19)/b16-12+. The van der Waals surface area contributed by atoms with E-state index >= 15 is 0 Å². The number of amides is 3. The summed E-state index contributed by atoms with van der Waals surface area (Å²) in [6.45, 7) is 0. The number of nitrogens with one attached hydrogen (secondary N) is 1. The van der Waals surface area contributed by atoms with Crippen molar-refractivity contribution in [2.24, 2.45) is 4.99 Å². The molecule has 0 unspecified atom stereocenters. The number of guanidine groups is 1. The molecule has 0 aromatic heterocycles. The second-order valence-electron chi connectivity index (χ2n) is 4.25. The Morgan fingerprint density at radius 1 is 1.24 bits per heavy atom. The Balaban J connectivity index is 2.93. The lowest BCUT2D eigenvalue weighted by molar-refractivity contribution is 0.149. The fraction of sp³-hybridized carbons (Fsp3) is 0.308. The average molecular weight is 313 g/mol. The Morgan fingerprint density at radius 2 is 1.86 bits per heavy atom. The van der Waals surface area contributed by atoms with Gasteiger partial charge < -0.3 is 15.0 Å². The van der Waals surface area contributed by atoms with Crippen molar-refractivity contribution in [3.05, 3.63) is 29.3 Å². The first-order chi connectivity index (χ1) is 9.86. The van der Waals surface area contributed by atoms with Gasteiger partial charge in [0.15, 0.2) is 0 Å². The van der Waals surface area contributed by atoms with Gasteiger partial charge in [0, 0.05) is 21.1 Å². The number of aliphatic imine (C=N–C) groups is 1. The maximum absolute atomic E-state index is 11.9. The smallest absolute Gasteiger partial charge is 0.416 e. The molecule has 21 heavy (non-hydrogen) atoms. The molecule has 0 atom stereocenters. The third-order valence-electron chi connectivity index (χ3n) is 2.47. The van der Waals surface area contributed by atoms with Crippen LogP contribution in [0, 0.1) is 0 Å². The summed E-state index contributed by atoms with van der Waals surface area (Å²) in [5.74, 6) is 0.131. The Hall–Kier alpha value is -2.28. The summed E-state index contributed by atoms with van der Waals surface area (Å²) in [6.07, 6.45) is -0.631. The zero-order valence-electron chi connectivity index (χ0n) is 12.3. The van der Waals surface area contributed by atoms with Gasteiger partial charge >= 0.3 is 12.1 Å². The number of methoxy groups -OCH3 is 1. The molecule has 0 saturated heterocycles. The number of benzene rings is 1. The Labute approximate surface area is 128 Å². The van der Waals surface area contributed by atoms with E-state index in [1.54, 1.807) is 38.4 Å². The molecule has 1 aromatic rings. The van der Waals surface area contributed by atoms with Gasteiger partial charge in [0.1, 0.15) is 0 Å². The van der Waals surface area contributed by atoms with E-state index in [0.29, 0.717) is 10.7 Å². The minimum absolute atomic E-state index is 0.131. The summed E-state index contributed by atoms with van der Waals surface area (Å²) < 4.78 is 4.59. The second-order valence-corrected chi connectivity index (χ2v) is 4.65. The van der Waals surface area contributed by atoms with Crippen LogP contribution >= 0.6 is 11.6 Å². The molecule has 0 aliphatic rings. The van der Waals surface area contributed by atoms with Crippen molar-refractivity contribution in [1.82, 2.24) is 9.80 Å². The quantitative estimate of drug-likeness (QED) is 0.638. The maximum Gasteiger partial charge on any atom is 0.416 e. The molecule has 7 nitrogen and oxygen atoms in total. The van der Waals surface area contributed by atoms with E-state index in [1.165, 1.54) is 19.1 Å². The van der Waals surface area contributed by atoms with Crippen molar-refractivity contribution < 1.29 is 14.3 Å². The molecule has 0 radical (unpaired) electrons. The Morgan fingerprint density at radius 3 is 2.38 bits per heavy atom. The minimum Gasteiger partial charge on any atom is -0.452 e. The predicted octanol–water partition coefficient (Wildman–Crippen LogP) is 2.49. The number of carbonyl (C=O) groups excluding carboxylic acids is 2. The van der Waals surface area contributed by atoms with Crippen LogP contribution in [0.15, 0.2) is 29.3 Å². The van der Waals surface area contributed by atoms with E-state index < -0.39 is 12.1 Å². The van der Waals surface area contributed by atoms with Crippen LogP contribution in [0.25, 0.3) is 0 Å². The normalized spacial score (nSPS) is 10.8. The van der Waals surface area contributed by atoms with Gasteiger partial charge in [-0.15, -0.1) is 0 Å². The van der Waals surface area contributed by atoms with Gasteiger partial charge in [-0.25, -0.2) is 9.59 Å². The first-order valence-corrected chi connectivity index (χ1v) is 6.37. The molecule has 0 aliphatic carbocycles. The van der Waals surface area contributed by atoms with Gasteiger partial charge in [-0.1, -0.05) is 23.7 Å². The van der Waals surface area contributed by atoms with Crippen molar-refractivity contribution in [2.45, 2.75) is 0 Å². The molecule has 0 bridgehead atoms. The van der Waals surface area contributed by atoms with Crippen LogP contribution in [-0.4, -0.2) is 56.1 Å². The van der Waals surface area contributed by atoms with E-state index in [2.05, 4.69) is 15.0 Å². The summed E-state index contributed by atoms with van der Waals surface area (Å²) in [4.78, 5) is 29.9. The molecule has 0 heterocycles. The molecule has 0 spiro atoms. The van der Waals surface area contributed by atoms with Gasteiger partial charge in [0.2, 0.25) is 5.96 Å². The third kappa shape index (κ3) is 4.64. The van der Waals surface area contributed by atoms with Crippen molar-refractivity contribution in [3.63, 3.8) is 0 Å². The Kier molecular flexibility index (Phi) is 5.98. The third-order valence-corrected chi connectivity index (χ3v) is 2.80. The predicted molar refractivity (Wildman–Crippen MR) is 81.8 cm³/mol. The largest absolute Gasteiger partial charge is 0.452 e.